The van der Waals surface area contributed by atoms with Crippen LogP contribution in [0.15, 0.2) is 24.3 Å². The zero-order valence-corrected chi connectivity index (χ0v) is 11.3. The van der Waals surface area contributed by atoms with Crippen molar-refractivity contribution in [1.29, 1.82) is 5.41 Å². The molecule has 1 heterocycles. The number of nitrogens with two attached hydrogens (primary N) is 1. The van der Waals surface area contributed by atoms with Gasteiger partial charge in [0.25, 0.3) is 0 Å². The van der Waals surface area contributed by atoms with E-state index in [2.05, 4.69) is 4.90 Å². The van der Waals surface area contributed by atoms with E-state index in [1.807, 2.05) is 24.3 Å². The minimum absolute atomic E-state index is 0.114. The lowest BCUT2D eigenvalue weighted by molar-refractivity contribution is 0.112. The topological polar surface area (TPSA) is 73.3 Å². The van der Waals surface area contributed by atoms with Crippen LogP contribution in [0, 0.1) is 5.41 Å². The van der Waals surface area contributed by atoms with E-state index in [1.165, 1.54) is 24.8 Å². The second-order valence-electron chi connectivity index (χ2n) is 5.24. The van der Waals surface area contributed by atoms with E-state index >= 15 is 0 Å². The van der Waals surface area contributed by atoms with E-state index in [9.17, 15) is 0 Å². The van der Waals surface area contributed by atoms with Gasteiger partial charge in [-0.3, -0.25) is 10.3 Å². The number of rotatable bonds is 5. The third-order valence-electron chi connectivity index (χ3n) is 3.86. The molecule has 1 aliphatic heterocycles. The van der Waals surface area contributed by atoms with E-state index in [4.69, 9.17) is 16.2 Å². The lowest BCUT2D eigenvalue weighted by Crippen LogP contribution is -2.39. The highest BCUT2D eigenvalue weighted by Crippen LogP contribution is 2.21. The maximum absolute atomic E-state index is 9.14. The molecule has 1 aromatic rings. The Morgan fingerprint density at radius 3 is 2.68 bits per heavy atom. The van der Waals surface area contributed by atoms with Crippen LogP contribution in [0.1, 0.15) is 36.8 Å². The Morgan fingerprint density at radius 2 is 2.05 bits per heavy atom. The number of hydrogen-bond donors (Lipinski definition) is 3. The predicted octanol–water partition coefficient (Wildman–Crippen LogP) is 1.71. The summed E-state index contributed by atoms with van der Waals surface area (Å²) in [5.74, 6) is 0.114. The number of nitrogen functional groups attached to an aromatic ring is 1. The van der Waals surface area contributed by atoms with Crippen LogP contribution in [0.4, 0.5) is 0 Å². The first-order valence-electron chi connectivity index (χ1n) is 6.99. The minimum Gasteiger partial charge on any atom is -0.396 e. The van der Waals surface area contributed by atoms with Gasteiger partial charge < -0.3 is 10.8 Å². The number of nitrogens with one attached hydrogen (secondary N) is 1. The Kier molecular flexibility index (Phi) is 4.93. The highest BCUT2D eigenvalue weighted by Gasteiger charge is 2.21. The molecule has 19 heavy (non-hydrogen) atoms. The fourth-order valence-electron chi connectivity index (χ4n) is 2.77. The second-order valence-corrected chi connectivity index (χ2v) is 5.24. The van der Waals surface area contributed by atoms with Crippen molar-refractivity contribution < 1.29 is 5.11 Å². The van der Waals surface area contributed by atoms with Crippen molar-refractivity contribution in [3.63, 3.8) is 0 Å². The summed E-state index contributed by atoms with van der Waals surface area (Å²) < 4.78 is 0. The lowest BCUT2D eigenvalue weighted by atomic mass is 9.98. The molecular formula is C15H23N3O. The van der Waals surface area contributed by atoms with Crippen molar-refractivity contribution >= 4 is 5.84 Å². The van der Waals surface area contributed by atoms with E-state index in [1.54, 1.807) is 0 Å². The van der Waals surface area contributed by atoms with Gasteiger partial charge in [0.1, 0.15) is 5.84 Å². The number of aliphatic hydroxyl groups is 1. The molecule has 104 valence electrons. The molecule has 4 nitrogen and oxygen atoms in total. The van der Waals surface area contributed by atoms with Crippen LogP contribution in [0.25, 0.3) is 0 Å². The summed E-state index contributed by atoms with van der Waals surface area (Å²) in [6.07, 6.45) is 4.56. The monoisotopic (exact) mass is 261 g/mol. The highest BCUT2D eigenvalue weighted by atomic mass is 16.3. The molecule has 1 aromatic carbocycles. The fourth-order valence-corrected chi connectivity index (χ4v) is 2.77. The second kappa shape index (κ2) is 6.68. The SMILES string of the molecule is N=C(N)c1ccc(CN2CCCCC2CCO)cc1. The van der Waals surface area contributed by atoms with Crippen LogP contribution >= 0.6 is 0 Å². The number of benzene rings is 1. The first-order valence-corrected chi connectivity index (χ1v) is 6.99. The van der Waals surface area contributed by atoms with Crippen molar-refractivity contribution in [2.45, 2.75) is 38.3 Å². The number of nitrogens with zero attached hydrogens (tertiary/aromatic N) is 1. The average Bonchev–Trinajstić information content (AvgIpc) is 2.42. The van der Waals surface area contributed by atoms with Gasteiger partial charge in [0.15, 0.2) is 0 Å². The van der Waals surface area contributed by atoms with Crippen molar-refractivity contribution in [2.24, 2.45) is 5.73 Å². The molecule has 0 aromatic heterocycles. The van der Waals surface area contributed by atoms with Gasteiger partial charge in [0, 0.05) is 24.8 Å². The highest BCUT2D eigenvalue weighted by molar-refractivity contribution is 5.94. The molecule has 0 bridgehead atoms. The summed E-state index contributed by atoms with van der Waals surface area (Å²) in [4.78, 5) is 2.46. The number of amidine groups is 1. The molecule has 1 unspecified atom stereocenters. The van der Waals surface area contributed by atoms with Gasteiger partial charge in [-0.25, -0.2) is 0 Å². The van der Waals surface area contributed by atoms with Crippen molar-refractivity contribution in [3.8, 4) is 0 Å². The summed E-state index contributed by atoms with van der Waals surface area (Å²) in [7, 11) is 0. The van der Waals surface area contributed by atoms with E-state index in [-0.39, 0.29) is 12.4 Å². The molecule has 4 heteroatoms. The quantitative estimate of drug-likeness (QED) is 0.558. The van der Waals surface area contributed by atoms with Crippen molar-refractivity contribution in [2.75, 3.05) is 13.2 Å². The molecule has 1 atom stereocenters. The Labute approximate surface area is 114 Å². The fraction of sp³-hybridized carbons (Fsp3) is 0.533. The Balaban J connectivity index is 2.00. The Bertz CT molecular complexity index is 414. The third-order valence-corrected chi connectivity index (χ3v) is 3.86. The lowest BCUT2D eigenvalue weighted by Gasteiger charge is -2.35. The summed E-state index contributed by atoms with van der Waals surface area (Å²) in [5.41, 5.74) is 7.47. The van der Waals surface area contributed by atoms with Gasteiger partial charge in [-0.15, -0.1) is 0 Å². The van der Waals surface area contributed by atoms with Gasteiger partial charge in [-0.05, 0) is 31.4 Å². The van der Waals surface area contributed by atoms with Gasteiger partial charge in [0.05, 0.1) is 0 Å². The van der Waals surface area contributed by atoms with Crippen LogP contribution in [0.3, 0.4) is 0 Å². The Hall–Kier alpha value is -1.39. The molecule has 0 amide bonds. The zero-order valence-electron chi connectivity index (χ0n) is 11.3. The average molecular weight is 261 g/mol. The van der Waals surface area contributed by atoms with Crippen molar-refractivity contribution in [3.05, 3.63) is 35.4 Å². The molecule has 0 radical (unpaired) electrons. The van der Waals surface area contributed by atoms with Crippen LogP contribution < -0.4 is 5.73 Å². The van der Waals surface area contributed by atoms with Crippen molar-refractivity contribution in [1.82, 2.24) is 4.90 Å². The van der Waals surface area contributed by atoms with Gasteiger partial charge >= 0.3 is 0 Å². The summed E-state index contributed by atoms with van der Waals surface area (Å²) >= 11 is 0. The van der Waals surface area contributed by atoms with E-state index < -0.39 is 0 Å². The maximum Gasteiger partial charge on any atom is 0.122 e. The van der Waals surface area contributed by atoms with Crippen LogP contribution in [-0.2, 0) is 6.54 Å². The predicted molar refractivity (Wildman–Crippen MR) is 77.2 cm³/mol. The largest absolute Gasteiger partial charge is 0.396 e. The van der Waals surface area contributed by atoms with Gasteiger partial charge in [0.2, 0.25) is 0 Å². The molecule has 4 N–H and O–H groups in total. The summed E-state index contributed by atoms with van der Waals surface area (Å²) in [6, 6.07) is 8.40. The van der Waals surface area contributed by atoms with E-state index in [0.717, 1.165) is 25.1 Å². The van der Waals surface area contributed by atoms with E-state index in [0.29, 0.717) is 6.04 Å². The number of likely N-dealkylation sites (tertiary alicyclic amines) is 1. The normalized spacial score (nSPS) is 20.4. The van der Waals surface area contributed by atoms with Crippen LogP contribution in [0.2, 0.25) is 0 Å². The molecule has 2 rings (SSSR count). The molecule has 1 saturated heterocycles. The zero-order chi connectivity index (χ0) is 13.7. The molecule has 0 saturated carbocycles. The smallest absolute Gasteiger partial charge is 0.122 e. The molecular weight excluding hydrogens is 238 g/mol. The summed E-state index contributed by atoms with van der Waals surface area (Å²) in [6.45, 7) is 2.30. The Morgan fingerprint density at radius 1 is 1.32 bits per heavy atom. The number of hydrogen-bond acceptors (Lipinski definition) is 3. The molecule has 0 aliphatic carbocycles. The number of piperidine rings is 1. The molecule has 1 fully saturated rings. The minimum atomic E-state index is 0.114. The van der Waals surface area contributed by atoms with Crippen LogP contribution in [0.5, 0.6) is 0 Å². The first kappa shape index (κ1) is 14.0. The van der Waals surface area contributed by atoms with Gasteiger partial charge in [-0.1, -0.05) is 30.7 Å². The summed E-state index contributed by atoms with van der Waals surface area (Å²) in [5, 5.41) is 16.5. The van der Waals surface area contributed by atoms with Gasteiger partial charge in [-0.2, -0.15) is 0 Å². The molecule has 0 spiro atoms. The standard InChI is InChI=1S/C15H23N3O/c16-15(17)13-6-4-12(5-7-13)11-18-9-2-1-3-14(18)8-10-19/h4-7,14,19H,1-3,8-11H2,(H3,16,17). The first-order chi connectivity index (χ1) is 9.20. The third kappa shape index (κ3) is 3.78. The number of aliphatic hydroxyl groups excluding tert-OH is 1. The van der Waals surface area contributed by atoms with Crippen LogP contribution in [-0.4, -0.2) is 35.0 Å². The molecule has 1 aliphatic rings. The maximum atomic E-state index is 9.14.